The van der Waals surface area contributed by atoms with Crippen LogP contribution in [0.1, 0.15) is 25.0 Å². The molecule has 0 saturated carbocycles. The standard InChI is InChI=1S/C23H18ClN.C2H6/c1-15-4-11-22-18(13-15)7-12-23(25-22)21-14-16(2)3-10-20(21)17-5-8-19(24)9-6-17;1-2/h3-14H,1-2H3;1-2H3. The molecule has 0 saturated heterocycles. The molecule has 27 heavy (non-hydrogen) atoms. The Bertz CT molecular complexity index is 1070. The van der Waals surface area contributed by atoms with Gasteiger partial charge in [-0.15, -0.1) is 0 Å². The third kappa shape index (κ3) is 4.20. The maximum atomic E-state index is 6.05. The molecule has 0 unspecified atom stereocenters. The quantitative estimate of drug-likeness (QED) is 0.348. The summed E-state index contributed by atoms with van der Waals surface area (Å²) in [5.41, 5.74) is 7.94. The molecule has 0 fully saturated rings. The fourth-order valence-electron chi connectivity index (χ4n) is 3.15. The van der Waals surface area contributed by atoms with Gasteiger partial charge in [0.2, 0.25) is 0 Å². The van der Waals surface area contributed by atoms with Crippen molar-refractivity contribution in [3.63, 3.8) is 0 Å². The Hall–Kier alpha value is -2.64. The number of hydrogen-bond acceptors (Lipinski definition) is 1. The van der Waals surface area contributed by atoms with Gasteiger partial charge in [0.1, 0.15) is 0 Å². The van der Waals surface area contributed by atoms with E-state index in [1.165, 1.54) is 22.1 Å². The molecule has 4 rings (SSSR count). The smallest absolute Gasteiger partial charge is 0.0716 e. The number of rotatable bonds is 2. The second kappa shape index (κ2) is 8.37. The van der Waals surface area contributed by atoms with E-state index < -0.39 is 0 Å². The summed E-state index contributed by atoms with van der Waals surface area (Å²) in [5, 5.41) is 1.92. The lowest BCUT2D eigenvalue weighted by atomic mass is 9.95. The Morgan fingerprint density at radius 1 is 0.667 bits per heavy atom. The highest BCUT2D eigenvalue weighted by molar-refractivity contribution is 6.30. The summed E-state index contributed by atoms with van der Waals surface area (Å²) in [7, 11) is 0. The van der Waals surface area contributed by atoms with Crippen LogP contribution in [-0.2, 0) is 0 Å². The number of benzene rings is 3. The maximum Gasteiger partial charge on any atom is 0.0716 e. The van der Waals surface area contributed by atoms with Crippen LogP contribution >= 0.6 is 11.6 Å². The zero-order valence-corrected chi connectivity index (χ0v) is 17.0. The lowest BCUT2D eigenvalue weighted by Crippen LogP contribution is -1.91. The summed E-state index contributed by atoms with van der Waals surface area (Å²) in [4.78, 5) is 4.91. The predicted molar refractivity (Wildman–Crippen MR) is 118 cm³/mol. The van der Waals surface area contributed by atoms with Gasteiger partial charge in [-0.1, -0.05) is 73.0 Å². The lowest BCUT2D eigenvalue weighted by Gasteiger charge is -2.12. The highest BCUT2D eigenvalue weighted by Crippen LogP contribution is 2.33. The first-order valence-electron chi connectivity index (χ1n) is 9.34. The van der Waals surface area contributed by atoms with Crippen LogP contribution in [0.5, 0.6) is 0 Å². The van der Waals surface area contributed by atoms with Crippen LogP contribution in [0.15, 0.2) is 72.8 Å². The summed E-state index contributed by atoms with van der Waals surface area (Å²) >= 11 is 6.05. The third-order valence-corrected chi connectivity index (χ3v) is 4.70. The molecule has 2 heteroatoms. The number of aryl methyl sites for hydroxylation is 2. The van der Waals surface area contributed by atoms with Crippen LogP contribution in [0.4, 0.5) is 0 Å². The van der Waals surface area contributed by atoms with Gasteiger partial charge < -0.3 is 0 Å². The minimum atomic E-state index is 0.747. The van der Waals surface area contributed by atoms with Gasteiger partial charge in [-0.2, -0.15) is 0 Å². The minimum Gasteiger partial charge on any atom is -0.248 e. The van der Waals surface area contributed by atoms with Gasteiger partial charge in [-0.25, -0.2) is 4.98 Å². The molecule has 0 spiro atoms. The fraction of sp³-hybridized carbons (Fsp3) is 0.160. The molecule has 0 amide bonds. The fourth-order valence-corrected chi connectivity index (χ4v) is 3.27. The summed E-state index contributed by atoms with van der Waals surface area (Å²) in [5.74, 6) is 0. The van der Waals surface area contributed by atoms with Crippen molar-refractivity contribution in [1.29, 1.82) is 0 Å². The number of aromatic nitrogens is 1. The van der Waals surface area contributed by atoms with Crippen molar-refractivity contribution in [2.75, 3.05) is 0 Å². The van der Waals surface area contributed by atoms with Crippen LogP contribution in [0.3, 0.4) is 0 Å². The van der Waals surface area contributed by atoms with Gasteiger partial charge in [0.15, 0.2) is 0 Å². The molecule has 136 valence electrons. The third-order valence-electron chi connectivity index (χ3n) is 4.45. The molecule has 0 aliphatic carbocycles. The Morgan fingerprint density at radius 3 is 2.07 bits per heavy atom. The van der Waals surface area contributed by atoms with Crippen LogP contribution in [0.2, 0.25) is 5.02 Å². The molecule has 4 aromatic rings. The molecule has 0 aliphatic rings. The monoisotopic (exact) mass is 373 g/mol. The molecule has 0 bridgehead atoms. The van der Waals surface area contributed by atoms with Gasteiger partial charge in [-0.3, -0.25) is 0 Å². The Morgan fingerprint density at radius 2 is 1.33 bits per heavy atom. The highest BCUT2D eigenvalue weighted by Gasteiger charge is 2.10. The normalized spacial score (nSPS) is 10.4. The van der Waals surface area contributed by atoms with E-state index in [1.54, 1.807) is 0 Å². The van der Waals surface area contributed by atoms with Crippen LogP contribution in [0, 0.1) is 13.8 Å². The Labute approximate surface area is 166 Å². The van der Waals surface area contributed by atoms with Gasteiger partial charge in [-0.05, 0) is 61.4 Å². The van der Waals surface area contributed by atoms with E-state index in [4.69, 9.17) is 16.6 Å². The molecule has 1 aromatic heterocycles. The molecule has 0 radical (unpaired) electrons. The molecular formula is C25H24ClN. The van der Waals surface area contributed by atoms with E-state index in [9.17, 15) is 0 Å². The van der Waals surface area contributed by atoms with Gasteiger partial charge >= 0.3 is 0 Å². The second-order valence-electron chi connectivity index (χ2n) is 6.45. The van der Waals surface area contributed by atoms with E-state index in [-0.39, 0.29) is 0 Å². The zero-order valence-electron chi connectivity index (χ0n) is 16.3. The lowest BCUT2D eigenvalue weighted by molar-refractivity contribution is 1.37. The van der Waals surface area contributed by atoms with Crippen molar-refractivity contribution in [2.45, 2.75) is 27.7 Å². The number of pyridine rings is 1. The number of halogens is 1. The Kier molecular flexibility index (Phi) is 5.93. The topological polar surface area (TPSA) is 12.9 Å². The predicted octanol–water partition coefficient (Wildman–Crippen LogP) is 7.87. The first-order chi connectivity index (χ1) is 13.1. The van der Waals surface area contributed by atoms with Crippen molar-refractivity contribution in [2.24, 2.45) is 0 Å². The average molecular weight is 374 g/mol. The van der Waals surface area contributed by atoms with Crippen molar-refractivity contribution < 1.29 is 0 Å². The maximum absolute atomic E-state index is 6.05. The van der Waals surface area contributed by atoms with E-state index >= 15 is 0 Å². The number of hydrogen-bond donors (Lipinski definition) is 0. The molecule has 3 aromatic carbocycles. The van der Waals surface area contributed by atoms with Crippen molar-refractivity contribution in [3.8, 4) is 22.4 Å². The average Bonchev–Trinajstić information content (AvgIpc) is 2.70. The number of fused-ring (bicyclic) bond motifs is 1. The van der Waals surface area contributed by atoms with Crippen molar-refractivity contribution in [3.05, 3.63) is 88.9 Å². The van der Waals surface area contributed by atoms with Gasteiger partial charge in [0.05, 0.1) is 11.2 Å². The van der Waals surface area contributed by atoms with Gasteiger partial charge in [0, 0.05) is 16.0 Å². The number of nitrogens with zero attached hydrogens (tertiary/aromatic N) is 1. The molecule has 1 heterocycles. The highest BCUT2D eigenvalue weighted by atomic mass is 35.5. The van der Waals surface area contributed by atoms with E-state index in [1.807, 2.05) is 26.0 Å². The zero-order chi connectivity index (χ0) is 19.4. The summed E-state index contributed by atoms with van der Waals surface area (Å²) < 4.78 is 0. The summed E-state index contributed by atoms with van der Waals surface area (Å²) in [6.07, 6.45) is 0. The van der Waals surface area contributed by atoms with Crippen LogP contribution in [-0.4, -0.2) is 4.98 Å². The largest absolute Gasteiger partial charge is 0.248 e. The molecule has 1 nitrogen and oxygen atoms in total. The molecule has 0 atom stereocenters. The van der Waals surface area contributed by atoms with E-state index in [0.717, 1.165) is 27.4 Å². The van der Waals surface area contributed by atoms with Crippen molar-refractivity contribution in [1.82, 2.24) is 4.98 Å². The Balaban J connectivity index is 0.00000102. The van der Waals surface area contributed by atoms with Crippen LogP contribution < -0.4 is 0 Å². The first kappa shape index (κ1) is 19.1. The molecule has 0 aliphatic heterocycles. The summed E-state index contributed by atoms with van der Waals surface area (Å²) in [6.45, 7) is 8.21. The summed E-state index contributed by atoms with van der Waals surface area (Å²) in [6, 6.07) is 25.1. The van der Waals surface area contributed by atoms with Crippen molar-refractivity contribution >= 4 is 22.5 Å². The minimum absolute atomic E-state index is 0.747. The van der Waals surface area contributed by atoms with E-state index in [0.29, 0.717) is 0 Å². The van der Waals surface area contributed by atoms with Gasteiger partial charge in [0.25, 0.3) is 0 Å². The molecule has 0 N–H and O–H groups in total. The second-order valence-corrected chi connectivity index (χ2v) is 6.89. The first-order valence-corrected chi connectivity index (χ1v) is 9.72. The van der Waals surface area contributed by atoms with E-state index in [2.05, 4.69) is 74.5 Å². The van der Waals surface area contributed by atoms with Crippen LogP contribution in [0.25, 0.3) is 33.3 Å². The molecular weight excluding hydrogens is 350 g/mol. The SMILES string of the molecule is CC.Cc1ccc(-c2ccc(Cl)cc2)c(-c2ccc3cc(C)ccc3n2)c1.